The van der Waals surface area contributed by atoms with Gasteiger partial charge in [0.15, 0.2) is 11.5 Å². The topological polar surface area (TPSA) is 114 Å². The number of hydrazone groups is 1. The first-order chi connectivity index (χ1) is 17.4. The normalized spacial score (nSPS) is 14.5. The summed E-state index contributed by atoms with van der Waals surface area (Å²) in [5, 5.41) is 14.2. The molecule has 0 bridgehead atoms. The molecular weight excluding hydrogens is 468 g/mol. The van der Waals surface area contributed by atoms with E-state index in [-0.39, 0.29) is 18.2 Å². The molecule has 1 aliphatic rings. The number of carbonyl (C=O) groups is 1. The molecule has 0 spiro atoms. The molecule has 0 radical (unpaired) electrons. The van der Waals surface area contributed by atoms with Crippen LogP contribution in [0.2, 0.25) is 0 Å². The number of hydrogen-bond acceptors (Lipinski definition) is 10. The Labute approximate surface area is 211 Å². The third-order valence-electron chi connectivity index (χ3n) is 5.90. The molecule has 0 saturated carbocycles. The van der Waals surface area contributed by atoms with Gasteiger partial charge >= 0.3 is 0 Å². The van der Waals surface area contributed by atoms with E-state index < -0.39 is 0 Å². The lowest BCUT2D eigenvalue weighted by Gasteiger charge is -2.34. The smallest absolute Gasteiger partial charge is 0.254 e. The van der Waals surface area contributed by atoms with Crippen molar-refractivity contribution >= 4 is 12.1 Å². The minimum atomic E-state index is -0.240. The molecule has 2 aromatic carbocycles. The van der Waals surface area contributed by atoms with Crippen LogP contribution in [0.5, 0.6) is 34.5 Å². The predicted molar refractivity (Wildman–Crippen MR) is 135 cm³/mol. The van der Waals surface area contributed by atoms with Crippen LogP contribution in [0.3, 0.4) is 0 Å². The average Bonchev–Trinajstić information content (AvgIpc) is 2.89. The van der Waals surface area contributed by atoms with E-state index >= 15 is 0 Å². The Morgan fingerprint density at radius 1 is 0.889 bits per heavy atom. The second kappa shape index (κ2) is 12.8. The van der Waals surface area contributed by atoms with Gasteiger partial charge in [-0.05, 0) is 17.7 Å². The molecule has 0 atom stereocenters. The molecule has 0 unspecified atom stereocenters. The molecule has 0 aliphatic carbocycles. The van der Waals surface area contributed by atoms with Gasteiger partial charge in [0.2, 0.25) is 5.75 Å². The molecular formula is C25H34N4O7. The fraction of sp³-hybridized carbons (Fsp3) is 0.440. The number of carbonyl (C=O) groups excluding carboxylic acids is 1. The summed E-state index contributed by atoms with van der Waals surface area (Å²) in [6.07, 6.45) is 1.35. The van der Waals surface area contributed by atoms with Gasteiger partial charge < -0.3 is 28.8 Å². The molecule has 1 amide bonds. The molecule has 2 N–H and O–H groups in total. The van der Waals surface area contributed by atoms with E-state index in [9.17, 15) is 9.90 Å². The van der Waals surface area contributed by atoms with Crippen molar-refractivity contribution in [1.29, 1.82) is 0 Å². The highest BCUT2D eigenvalue weighted by atomic mass is 16.5. The first kappa shape index (κ1) is 26.9. The van der Waals surface area contributed by atoms with E-state index in [1.807, 2.05) is 12.1 Å². The van der Waals surface area contributed by atoms with E-state index in [0.717, 1.165) is 38.3 Å². The molecule has 36 heavy (non-hydrogen) atoms. The van der Waals surface area contributed by atoms with Crippen LogP contribution in [0.4, 0.5) is 0 Å². The minimum absolute atomic E-state index is 0.0626. The molecule has 3 rings (SSSR count). The highest BCUT2D eigenvalue weighted by Crippen LogP contribution is 2.38. The summed E-state index contributed by atoms with van der Waals surface area (Å²) in [6.45, 7) is 4.06. The second-order valence-corrected chi connectivity index (χ2v) is 8.14. The van der Waals surface area contributed by atoms with Crippen molar-refractivity contribution in [1.82, 2.24) is 15.2 Å². The van der Waals surface area contributed by atoms with Crippen LogP contribution in [-0.4, -0.2) is 95.3 Å². The molecule has 2 aromatic rings. The van der Waals surface area contributed by atoms with Gasteiger partial charge in [-0.1, -0.05) is 0 Å². The van der Waals surface area contributed by atoms with Gasteiger partial charge in [-0.15, -0.1) is 0 Å². The number of benzene rings is 2. The molecule has 0 aromatic heterocycles. The summed E-state index contributed by atoms with van der Waals surface area (Å²) in [5.41, 5.74) is 3.91. The van der Waals surface area contributed by atoms with E-state index in [1.54, 1.807) is 27.4 Å². The van der Waals surface area contributed by atoms with Crippen LogP contribution in [0.25, 0.3) is 0 Å². The van der Waals surface area contributed by atoms with Gasteiger partial charge in [-0.25, -0.2) is 5.43 Å². The quantitative estimate of drug-likeness (QED) is 0.350. The molecule has 1 aliphatic heterocycles. The summed E-state index contributed by atoms with van der Waals surface area (Å²) in [4.78, 5) is 16.8. The fourth-order valence-corrected chi connectivity index (χ4v) is 4.00. The van der Waals surface area contributed by atoms with E-state index in [1.165, 1.54) is 26.5 Å². The number of aromatic hydroxyl groups is 1. The number of phenols is 1. The van der Waals surface area contributed by atoms with Crippen LogP contribution in [-0.2, 0) is 11.3 Å². The molecule has 1 fully saturated rings. The number of hydrogen-bond donors (Lipinski definition) is 2. The maximum Gasteiger partial charge on any atom is 0.254 e. The van der Waals surface area contributed by atoms with Crippen molar-refractivity contribution in [2.24, 2.45) is 5.10 Å². The van der Waals surface area contributed by atoms with Crippen LogP contribution in [0.1, 0.15) is 11.1 Å². The SMILES string of the molecule is COc1cc(O)c(/C=N/NC(=O)CN2CCN(Cc3cc(OC)c(OC)c(OC)c3)CC2)c(OC)c1. The largest absolute Gasteiger partial charge is 0.507 e. The van der Waals surface area contributed by atoms with Crippen molar-refractivity contribution in [3.8, 4) is 34.5 Å². The lowest BCUT2D eigenvalue weighted by atomic mass is 10.1. The molecule has 196 valence electrons. The van der Waals surface area contributed by atoms with Crippen molar-refractivity contribution in [2.75, 3.05) is 68.3 Å². The van der Waals surface area contributed by atoms with Crippen molar-refractivity contribution in [3.05, 3.63) is 35.4 Å². The maximum atomic E-state index is 12.4. The van der Waals surface area contributed by atoms with Crippen molar-refractivity contribution in [2.45, 2.75) is 6.54 Å². The van der Waals surface area contributed by atoms with Crippen LogP contribution >= 0.6 is 0 Å². The standard InChI is InChI=1S/C25H34N4O7/c1-32-18-12-20(30)19(21(13-18)33-2)14-26-27-24(31)16-29-8-6-28(7-9-29)15-17-10-22(34-3)25(36-5)23(11-17)35-4/h10-14,30H,6-9,15-16H2,1-5H3,(H,27,31)/b26-14+. The first-order valence-corrected chi connectivity index (χ1v) is 11.4. The van der Waals surface area contributed by atoms with Gasteiger partial charge in [0.1, 0.15) is 17.2 Å². The highest BCUT2D eigenvalue weighted by molar-refractivity contribution is 5.89. The Bertz CT molecular complexity index is 1040. The minimum Gasteiger partial charge on any atom is -0.507 e. The van der Waals surface area contributed by atoms with Gasteiger partial charge in [-0.2, -0.15) is 5.10 Å². The number of phenolic OH excluding ortho intramolecular Hbond substituents is 1. The van der Waals surface area contributed by atoms with Gasteiger partial charge in [-0.3, -0.25) is 14.6 Å². The lowest BCUT2D eigenvalue weighted by Crippen LogP contribution is -2.48. The Morgan fingerprint density at radius 3 is 2.06 bits per heavy atom. The number of ether oxygens (including phenoxy) is 5. The third kappa shape index (κ3) is 6.70. The zero-order chi connectivity index (χ0) is 26.1. The Kier molecular flexibility index (Phi) is 9.60. The zero-order valence-corrected chi connectivity index (χ0v) is 21.4. The number of rotatable bonds is 11. The predicted octanol–water partition coefficient (Wildman–Crippen LogP) is 1.70. The monoisotopic (exact) mass is 502 g/mol. The fourth-order valence-electron chi connectivity index (χ4n) is 4.00. The number of piperazine rings is 1. The van der Waals surface area contributed by atoms with Gasteiger partial charge in [0.25, 0.3) is 5.91 Å². The summed E-state index contributed by atoms with van der Waals surface area (Å²) in [5.74, 6) is 2.36. The average molecular weight is 503 g/mol. The number of amides is 1. The lowest BCUT2D eigenvalue weighted by molar-refractivity contribution is -0.122. The zero-order valence-electron chi connectivity index (χ0n) is 21.4. The summed E-state index contributed by atoms with van der Waals surface area (Å²) in [7, 11) is 7.76. The maximum absolute atomic E-state index is 12.4. The molecule has 11 heteroatoms. The van der Waals surface area contributed by atoms with E-state index in [2.05, 4.69) is 20.3 Å². The molecule has 1 saturated heterocycles. The Hall–Kier alpha value is -3.70. The number of nitrogens with one attached hydrogen (secondary N) is 1. The van der Waals surface area contributed by atoms with Crippen LogP contribution in [0, 0.1) is 0 Å². The summed E-state index contributed by atoms with van der Waals surface area (Å²) in [6, 6.07) is 6.98. The van der Waals surface area contributed by atoms with Crippen molar-refractivity contribution in [3.63, 3.8) is 0 Å². The van der Waals surface area contributed by atoms with Gasteiger partial charge in [0.05, 0.1) is 53.9 Å². The summed E-state index contributed by atoms with van der Waals surface area (Å²) < 4.78 is 26.7. The second-order valence-electron chi connectivity index (χ2n) is 8.14. The van der Waals surface area contributed by atoms with E-state index in [4.69, 9.17) is 23.7 Å². The Morgan fingerprint density at radius 2 is 1.50 bits per heavy atom. The molecule has 11 nitrogen and oxygen atoms in total. The molecule has 1 heterocycles. The number of nitrogens with zero attached hydrogens (tertiary/aromatic N) is 3. The van der Waals surface area contributed by atoms with Crippen molar-refractivity contribution < 1.29 is 33.6 Å². The Balaban J connectivity index is 1.50. The first-order valence-electron chi connectivity index (χ1n) is 11.4. The van der Waals surface area contributed by atoms with E-state index in [0.29, 0.717) is 34.3 Å². The number of methoxy groups -OCH3 is 5. The van der Waals surface area contributed by atoms with Gasteiger partial charge in [0, 0.05) is 44.9 Å². The van der Waals surface area contributed by atoms with Crippen LogP contribution in [0.15, 0.2) is 29.4 Å². The third-order valence-corrected chi connectivity index (χ3v) is 5.90. The highest BCUT2D eigenvalue weighted by Gasteiger charge is 2.21. The summed E-state index contributed by atoms with van der Waals surface area (Å²) >= 11 is 0. The van der Waals surface area contributed by atoms with Crippen LogP contribution < -0.4 is 29.1 Å².